The van der Waals surface area contributed by atoms with E-state index in [4.69, 9.17) is 0 Å². The highest BCUT2D eigenvalue weighted by atomic mass is 16.1. The van der Waals surface area contributed by atoms with E-state index in [1.165, 1.54) is 5.56 Å². The van der Waals surface area contributed by atoms with Gasteiger partial charge in [0, 0.05) is 17.9 Å². The van der Waals surface area contributed by atoms with Crippen LogP contribution in [0.5, 0.6) is 0 Å². The summed E-state index contributed by atoms with van der Waals surface area (Å²) >= 11 is 0. The van der Waals surface area contributed by atoms with Crippen molar-refractivity contribution in [2.75, 3.05) is 17.2 Å². The molecule has 2 aromatic carbocycles. The quantitative estimate of drug-likeness (QED) is 0.894. The monoisotopic (exact) mass is 266 g/mol. The first-order chi connectivity index (χ1) is 9.79. The van der Waals surface area contributed by atoms with Gasteiger partial charge in [-0.3, -0.25) is 4.79 Å². The number of anilines is 2. The van der Waals surface area contributed by atoms with Gasteiger partial charge >= 0.3 is 0 Å². The average Bonchev–Trinajstić information content (AvgIpc) is 2.92. The van der Waals surface area contributed by atoms with Crippen LogP contribution in [0.4, 0.5) is 11.4 Å². The Kier molecular flexibility index (Phi) is 3.42. The van der Waals surface area contributed by atoms with Crippen molar-refractivity contribution in [1.29, 1.82) is 0 Å². The van der Waals surface area contributed by atoms with Gasteiger partial charge in [0.1, 0.15) is 0 Å². The Morgan fingerprint density at radius 3 is 2.80 bits per heavy atom. The largest absolute Gasteiger partial charge is 0.384 e. The van der Waals surface area contributed by atoms with E-state index < -0.39 is 0 Å². The van der Waals surface area contributed by atoms with Crippen molar-refractivity contribution >= 4 is 17.3 Å². The minimum absolute atomic E-state index is 0.0587. The van der Waals surface area contributed by atoms with Gasteiger partial charge in [-0.25, -0.2) is 0 Å². The van der Waals surface area contributed by atoms with Crippen molar-refractivity contribution < 1.29 is 4.79 Å². The molecule has 1 unspecified atom stereocenters. The average molecular weight is 266 g/mol. The van der Waals surface area contributed by atoms with E-state index in [2.05, 4.69) is 23.6 Å². The van der Waals surface area contributed by atoms with Crippen molar-refractivity contribution in [2.24, 2.45) is 0 Å². The fraction of sp³-hybridized carbons (Fsp3) is 0.235. The molecule has 1 aliphatic heterocycles. The van der Waals surface area contributed by atoms with E-state index in [1.54, 1.807) is 0 Å². The summed E-state index contributed by atoms with van der Waals surface area (Å²) in [6, 6.07) is 16.0. The number of amides is 1. The molecule has 0 fully saturated rings. The third-order valence-electron chi connectivity index (χ3n) is 3.81. The van der Waals surface area contributed by atoms with Gasteiger partial charge in [0.05, 0.1) is 5.92 Å². The van der Waals surface area contributed by atoms with Crippen LogP contribution in [-0.4, -0.2) is 12.5 Å². The van der Waals surface area contributed by atoms with E-state index in [1.807, 2.05) is 42.5 Å². The zero-order chi connectivity index (χ0) is 13.9. The summed E-state index contributed by atoms with van der Waals surface area (Å²) in [6.07, 6.45) is 0.913. The first kappa shape index (κ1) is 12.7. The molecule has 3 rings (SSSR count). The summed E-state index contributed by atoms with van der Waals surface area (Å²) in [4.78, 5) is 12.5. The summed E-state index contributed by atoms with van der Waals surface area (Å²) in [7, 11) is 0. The summed E-state index contributed by atoms with van der Waals surface area (Å²) in [5, 5.41) is 6.35. The van der Waals surface area contributed by atoms with Crippen LogP contribution in [0.2, 0.25) is 0 Å². The fourth-order valence-corrected chi connectivity index (χ4v) is 2.69. The van der Waals surface area contributed by atoms with Gasteiger partial charge in [0.25, 0.3) is 0 Å². The molecule has 0 aliphatic carbocycles. The molecule has 2 N–H and O–H groups in total. The summed E-state index contributed by atoms with van der Waals surface area (Å²) in [6.45, 7) is 2.76. The smallest absolute Gasteiger partial charge is 0.233 e. The van der Waals surface area contributed by atoms with Crippen molar-refractivity contribution in [3.8, 4) is 0 Å². The van der Waals surface area contributed by atoms with Gasteiger partial charge in [-0.2, -0.15) is 0 Å². The molecular weight excluding hydrogens is 248 g/mol. The zero-order valence-electron chi connectivity index (χ0n) is 11.5. The van der Waals surface area contributed by atoms with Crippen LogP contribution in [-0.2, 0) is 11.2 Å². The molecule has 0 radical (unpaired) electrons. The number of rotatable bonds is 3. The normalized spacial score (nSPS) is 16.4. The maximum absolute atomic E-state index is 12.5. The third kappa shape index (κ3) is 2.27. The SMILES string of the molecule is CCc1ccccc1NC(=O)C1CNc2ccccc21. The van der Waals surface area contributed by atoms with Crippen molar-refractivity contribution in [3.63, 3.8) is 0 Å². The van der Waals surface area contributed by atoms with Gasteiger partial charge in [0.2, 0.25) is 5.91 Å². The Balaban J connectivity index is 1.81. The number of carbonyl (C=O) groups is 1. The van der Waals surface area contributed by atoms with E-state index in [9.17, 15) is 4.79 Å². The molecule has 1 aliphatic rings. The van der Waals surface area contributed by atoms with Crippen LogP contribution in [0.25, 0.3) is 0 Å². The Morgan fingerprint density at radius 2 is 1.95 bits per heavy atom. The molecule has 3 nitrogen and oxygen atoms in total. The van der Waals surface area contributed by atoms with Gasteiger partial charge in [-0.05, 0) is 29.7 Å². The van der Waals surface area contributed by atoms with Crippen LogP contribution in [0.3, 0.4) is 0 Å². The first-order valence-electron chi connectivity index (χ1n) is 7.01. The molecule has 0 spiro atoms. The lowest BCUT2D eigenvalue weighted by molar-refractivity contribution is -0.117. The lowest BCUT2D eigenvalue weighted by atomic mass is 10.00. The molecule has 3 heteroatoms. The van der Waals surface area contributed by atoms with E-state index >= 15 is 0 Å². The van der Waals surface area contributed by atoms with Crippen LogP contribution >= 0.6 is 0 Å². The van der Waals surface area contributed by atoms with Gasteiger partial charge in [-0.1, -0.05) is 43.3 Å². The standard InChI is InChI=1S/C17H18N2O/c1-2-12-7-3-5-9-15(12)19-17(20)14-11-18-16-10-6-4-8-13(14)16/h3-10,14,18H,2,11H2,1H3,(H,19,20). The molecule has 20 heavy (non-hydrogen) atoms. The predicted octanol–water partition coefficient (Wildman–Crippen LogP) is 3.40. The fourth-order valence-electron chi connectivity index (χ4n) is 2.69. The van der Waals surface area contributed by atoms with Gasteiger partial charge in [-0.15, -0.1) is 0 Å². The Bertz CT molecular complexity index is 636. The van der Waals surface area contributed by atoms with Crippen LogP contribution in [0.1, 0.15) is 24.0 Å². The van der Waals surface area contributed by atoms with E-state index in [0.29, 0.717) is 6.54 Å². The highest BCUT2D eigenvalue weighted by Crippen LogP contribution is 2.32. The topological polar surface area (TPSA) is 41.1 Å². The number of aryl methyl sites for hydroxylation is 1. The molecule has 1 atom stereocenters. The number of para-hydroxylation sites is 2. The number of fused-ring (bicyclic) bond motifs is 1. The predicted molar refractivity (Wildman–Crippen MR) is 82.1 cm³/mol. The lowest BCUT2D eigenvalue weighted by Gasteiger charge is -2.13. The molecule has 2 aromatic rings. The molecule has 0 aromatic heterocycles. The molecule has 0 saturated carbocycles. The lowest BCUT2D eigenvalue weighted by Crippen LogP contribution is -2.23. The summed E-state index contributed by atoms with van der Waals surface area (Å²) in [5.74, 6) is -0.0561. The maximum atomic E-state index is 12.5. The minimum atomic E-state index is -0.115. The van der Waals surface area contributed by atoms with Crippen LogP contribution in [0, 0.1) is 0 Å². The van der Waals surface area contributed by atoms with Gasteiger partial charge < -0.3 is 10.6 Å². The number of hydrogen-bond donors (Lipinski definition) is 2. The second-order valence-corrected chi connectivity index (χ2v) is 5.02. The number of carbonyl (C=O) groups excluding carboxylic acids is 1. The van der Waals surface area contributed by atoms with E-state index in [0.717, 1.165) is 23.4 Å². The second kappa shape index (κ2) is 5.37. The minimum Gasteiger partial charge on any atom is -0.384 e. The Hall–Kier alpha value is -2.29. The molecule has 0 bridgehead atoms. The molecule has 1 amide bonds. The Morgan fingerprint density at radius 1 is 1.20 bits per heavy atom. The van der Waals surface area contributed by atoms with Crippen LogP contribution in [0.15, 0.2) is 48.5 Å². The zero-order valence-corrected chi connectivity index (χ0v) is 11.5. The van der Waals surface area contributed by atoms with E-state index in [-0.39, 0.29) is 11.8 Å². The maximum Gasteiger partial charge on any atom is 0.233 e. The summed E-state index contributed by atoms with van der Waals surface area (Å²) in [5.41, 5.74) is 4.24. The molecule has 1 heterocycles. The third-order valence-corrected chi connectivity index (χ3v) is 3.81. The van der Waals surface area contributed by atoms with Crippen molar-refractivity contribution in [3.05, 3.63) is 59.7 Å². The van der Waals surface area contributed by atoms with Gasteiger partial charge in [0.15, 0.2) is 0 Å². The first-order valence-corrected chi connectivity index (χ1v) is 7.01. The highest BCUT2D eigenvalue weighted by molar-refractivity contribution is 5.98. The molecular formula is C17H18N2O. The molecule has 0 saturated heterocycles. The summed E-state index contributed by atoms with van der Waals surface area (Å²) < 4.78 is 0. The van der Waals surface area contributed by atoms with Crippen molar-refractivity contribution in [1.82, 2.24) is 0 Å². The second-order valence-electron chi connectivity index (χ2n) is 5.02. The molecule has 102 valence electrons. The number of hydrogen-bond acceptors (Lipinski definition) is 2. The highest BCUT2D eigenvalue weighted by Gasteiger charge is 2.28. The van der Waals surface area contributed by atoms with Crippen LogP contribution < -0.4 is 10.6 Å². The van der Waals surface area contributed by atoms with Crippen molar-refractivity contribution in [2.45, 2.75) is 19.3 Å². The number of nitrogens with one attached hydrogen (secondary N) is 2. The Labute approximate surface area is 119 Å². The number of benzene rings is 2.